The van der Waals surface area contributed by atoms with Crippen molar-refractivity contribution >= 4 is 34.5 Å². The molecule has 56 heavy (non-hydrogen) atoms. The first-order valence-corrected chi connectivity index (χ1v) is 20.0. The van der Waals surface area contributed by atoms with Crippen LogP contribution in [0.1, 0.15) is 66.2 Å². The Kier molecular flexibility index (Phi) is 6.72. The summed E-state index contributed by atoms with van der Waals surface area (Å²) in [5.41, 5.74) is 14.6. The fraction of sp³-hybridized carbons (Fsp3) is 0.231. The number of carbonyl (C=O) groups excluding carboxylic acids is 1. The Morgan fingerprint density at radius 3 is 2.14 bits per heavy atom. The van der Waals surface area contributed by atoms with Crippen LogP contribution < -0.4 is 20.9 Å². The molecule has 4 unspecified atom stereocenters. The average Bonchev–Trinajstić information content (AvgIpc) is 3.59. The molecule has 4 nitrogen and oxygen atoms in total. The highest BCUT2D eigenvalue weighted by molar-refractivity contribution is 6.12. The molecule has 0 amide bonds. The molecule has 0 N–H and O–H groups in total. The Morgan fingerprint density at radius 2 is 1.29 bits per heavy atom. The third-order valence-corrected chi connectivity index (χ3v) is 14.2. The van der Waals surface area contributed by atoms with Gasteiger partial charge in [-0.05, 0) is 86.2 Å². The fourth-order valence-corrected chi connectivity index (χ4v) is 11.3. The molecule has 2 heterocycles. The summed E-state index contributed by atoms with van der Waals surface area (Å²) in [7, 11) is 4.13. The van der Waals surface area contributed by atoms with Crippen LogP contribution in [-0.2, 0) is 17.9 Å². The second-order valence-electron chi connectivity index (χ2n) is 17.7. The predicted octanol–water partition coefficient (Wildman–Crippen LogP) is 9.19. The minimum atomic E-state index is -0.427. The number of carbonyl (C=O) groups is 1. The van der Waals surface area contributed by atoms with Crippen molar-refractivity contribution in [3.05, 3.63) is 170 Å². The summed E-state index contributed by atoms with van der Waals surface area (Å²) in [6.07, 6.45) is 13.2. The summed E-state index contributed by atoms with van der Waals surface area (Å²) in [5.74, 6) is 0.466. The molecule has 5 aliphatic rings. The molecule has 0 spiro atoms. The molecule has 4 atom stereocenters. The maximum atomic E-state index is 14.7. The maximum Gasteiger partial charge on any atom is 0.196 e. The minimum absolute atomic E-state index is 0.00721. The second kappa shape index (κ2) is 11.3. The first-order chi connectivity index (χ1) is 27.0. The van der Waals surface area contributed by atoms with Gasteiger partial charge in [0.05, 0.1) is 23.2 Å². The summed E-state index contributed by atoms with van der Waals surface area (Å²) in [6.45, 7) is 9.30. The lowest BCUT2D eigenvalue weighted by Gasteiger charge is -2.40. The van der Waals surface area contributed by atoms with Gasteiger partial charge in [0.25, 0.3) is 0 Å². The predicted molar refractivity (Wildman–Crippen MR) is 230 cm³/mol. The van der Waals surface area contributed by atoms with E-state index in [2.05, 4.69) is 153 Å². The van der Waals surface area contributed by atoms with Crippen molar-refractivity contribution < 1.29 is 4.79 Å². The molecule has 0 radical (unpaired) electrons. The van der Waals surface area contributed by atoms with Gasteiger partial charge < -0.3 is 9.47 Å². The quantitative estimate of drug-likeness (QED) is 0.179. The van der Waals surface area contributed by atoms with Crippen molar-refractivity contribution in [1.29, 1.82) is 0 Å². The van der Waals surface area contributed by atoms with Crippen LogP contribution >= 0.6 is 0 Å². The number of pyridine rings is 1. The van der Waals surface area contributed by atoms with Crippen LogP contribution in [0.4, 0.5) is 5.69 Å². The number of allylic oxidation sites excluding steroid dienone is 4. The Balaban J connectivity index is 1.04. The number of nitrogens with zero attached hydrogens (tertiary/aromatic N) is 2. The summed E-state index contributed by atoms with van der Waals surface area (Å²) in [4.78, 5) is 31.6. The topological polar surface area (TPSA) is 42.3 Å². The largest absolute Gasteiger partial charge is 0.366 e. The third kappa shape index (κ3) is 4.25. The molecular formula is C52H44N2O2. The molecule has 11 rings (SSSR count). The SMILES string of the molecule is CN1c2c(cccc2-c2ccc3c(c2)C(C)(C)c2ccccc2-3)C(=O)C2C=c3c(c(=O)c4cccc(-c5ccc6c(c5)C(C)(C)C5C=CC=CC65)c4n3C)=CC21. The number of hydrogen-bond donors (Lipinski definition) is 0. The van der Waals surface area contributed by atoms with Gasteiger partial charge in [0.1, 0.15) is 0 Å². The maximum absolute atomic E-state index is 14.7. The van der Waals surface area contributed by atoms with E-state index in [0.29, 0.717) is 22.4 Å². The highest BCUT2D eigenvalue weighted by atomic mass is 16.1. The molecule has 4 aliphatic carbocycles. The number of rotatable bonds is 2. The van der Waals surface area contributed by atoms with Crippen LogP contribution in [0.25, 0.3) is 56.4 Å². The number of para-hydroxylation sites is 2. The van der Waals surface area contributed by atoms with E-state index in [-0.39, 0.29) is 28.1 Å². The van der Waals surface area contributed by atoms with Crippen molar-refractivity contribution in [1.82, 2.24) is 4.57 Å². The van der Waals surface area contributed by atoms with Gasteiger partial charge in [-0.15, -0.1) is 0 Å². The zero-order valence-corrected chi connectivity index (χ0v) is 32.7. The first kappa shape index (κ1) is 33.3. The van der Waals surface area contributed by atoms with Gasteiger partial charge >= 0.3 is 0 Å². The van der Waals surface area contributed by atoms with E-state index in [1.165, 1.54) is 33.4 Å². The number of hydrogen-bond acceptors (Lipinski definition) is 3. The number of aromatic nitrogens is 1. The van der Waals surface area contributed by atoms with Gasteiger partial charge in [-0.3, -0.25) is 9.59 Å². The van der Waals surface area contributed by atoms with Crippen LogP contribution in [0, 0.1) is 11.8 Å². The number of Topliss-reactive ketones (excluding diaryl/α,β-unsaturated/α-hetero) is 1. The Bertz CT molecular complexity index is 3030. The second-order valence-corrected chi connectivity index (χ2v) is 17.7. The standard InChI is InChI=1S/C52H44N2O2/c1-51(2)41-19-9-7-13-33(41)35-23-21-29(25-43(35)51)31-15-11-17-37-47(31)53(5)45-27-40-46(28-39(45)49(37)55)54(6)48-32(16-12-18-38(48)50(40)56)30-22-24-36-34-14-8-10-20-42(34)52(3,4)44(36)26-30/h7-28,33,40-41,46H,1-6H3. The number of anilines is 1. The molecule has 0 fully saturated rings. The van der Waals surface area contributed by atoms with Crippen molar-refractivity contribution in [3.8, 4) is 33.4 Å². The van der Waals surface area contributed by atoms with E-state index in [1.54, 1.807) is 0 Å². The molecule has 1 aromatic heterocycles. The van der Waals surface area contributed by atoms with E-state index < -0.39 is 5.92 Å². The Morgan fingerprint density at radius 1 is 0.607 bits per heavy atom. The minimum Gasteiger partial charge on any atom is -0.366 e. The molecule has 0 saturated carbocycles. The Labute approximate surface area is 327 Å². The lowest BCUT2D eigenvalue weighted by Crippen LogP contribution is -2.55. The fourth-order valence-electron chi connectivity index (χ4n) is 11.3. The summed E-state index contributed by atoms with van der Waals surface area (Å²) in [6, 6.07) is 34.3. The number of ketones is 1. The van der Waals surface area contributed by atoms with Gasteiger partial charge in [-0.1, -0.05) is 131 Å². The molecule has 1 aliphatic heterocycles. The molecular weight excluding hydrogens is 685 g/mol. The lowest BCUT2D eigenvalue weighted by molar-refractivity contribution is 0.0940. The van der Waals surface area contributed by atoms with Gasteiger partial charge in [0.2, 0.25) is 0 Å². The van der Waals surface area contributed by atoms with Crippen molar-refractivity contribution in [2.75, 3.05) is 11.9 Å². The normalized spacial score (nSPS) is 22.6. The van der Waals surface area contributed by atoms with Gasteiger partial charge in [0.15, 0.2) is 11.2 Å². The zero-order valence-electron chi connectivity index (χ0n) is 32.7. The molecule has 274 valence electrons. The van der Waals surface area contributed by atoms with E-state index in [9.17, 15) is 9.59 Å². The van der Waals surface area contributed by atoms with Crippen LogP contribution in [0.5, 0.6) is 0 Å². The average molecular weight is 729 g/mol. The van der Waals surface area contributed by atoms with Gasteiger partial charge in [-0.2, -0.15) is 0 Å². The summed E-state index contributed by atoms with van der Waals surface area (Å²) >= 11 is 0. The third-order valence-electron chi connectivity index (χ3n) is 14.2. The number of fused-ring (bicyclic) bond motifs is 10. The van der Waals surface area contributed by atoms with Gasteiger partial charge in [0, 0.05) is 58.1 Å². The van der Waals surface area contributed by atoms with E-state index >= 15 is 0 Å². The van der Waals surface area contributed by atoms with Crippen LogP contribution in [-0.4, -0.2) is 23.4 Å². The number of benzene rings is 5. The van der Waals surface area contributed by atoms with Gasteiger partial charge in [-0.25, -0.2) is 0 Å². The van der Waals surface area contributed by atoms with Crippen molar-refractivity contribution in [2.45, 2.75) is 50.5 Å². The molecule has 0 bridgehead atoms. The zero-order chi connectivity index (χ0) is 38.4. The molecule has 6 aromatic rings. The first-order valence-electron chi connectivity index (χ1n) is 20.0. The van der Waals surface area contributed by atoms with Crippen LogP contribution in [0.15, 0.2) is 126 Å². The van der Waals surface area contributed by atoms with E-state index in [0.717, 1.165) is 44.4 Å². The Hall–Kier alpha value is -6.00. The van der Waals surface area contributed by atoms with Crippen molar-refractivity contribution in [2.24, 2.45) is 18.9 Å². The van der Waals surface area contributed by atoms with E-state index in [4.69, 9.17) is 0 Å². The van der Waals surface area contributed by atoms with Crippen LogP contribution in [0.3, 0.4) is 0 Å². The molecule has 0 saturated heterocycles. The molecule has 5 aromatic carbocycles. The summed E-state index contributed by atoms with van der Waals surface area (Å²) < 4.78 is 2.15. The lowest BCUT2D eigenvalue weighted by atomic mass is 9.74. The summed E-state index contributed by atoms with van der Waals surface area (Å²) in [5, 5.41) is 2.16. The van der Waals surface area contributed by atoms with E-state index in [1.807, 2.05) is 31.3 Å². The van der Waals surface area contributed by atoms with Crippen molar-refractivity contribution in [3.63, 3.8) is 0 Å². The highest BCUT2D eigenvalue weighted by Gasteiger charge is 2.45. The van der Waals surface area contributed by atoms with Crippen LogP contribution in [0.2, 0.25) is 0 Å². The molecule has 4 heteroatoms. The smallest absolute Gasteiger partial charge is 0.196 e. The monoisotopic (exact) mass is 728 g/mol. The highest BCUT2D eigenvalue weighted by Crippen LogP contribution is 2.54. The number of aryl methyl sites for hydroxylation is 1.